The molecule has 1 aromatic heterocycles. The van der Waals surface area contributed by atoms with Gasteiger partial charge < -0.3 is 20.4 Å². The van der Waals surface area contributed by atoms with E-state index in [9.17, 15) is 4.39 Å². The third-order valence-electron chi connectivity index (χ3n) is 6.18. The van der Waals surface area contributed by atoms with E-state index in [1.165, 1.54) is 37.8 Å². The predicted octanol–water partition coefficient (Wildman–Crippen LogP) is 4.37. The summed E-state index contributed by atoms with van der Waals surface area (Å²) in [5, 5.41) is 6.97. The first-order valence-electron chi connectivity index (χ1n) is 11.7. The molecule has 172 valence electrons. The summed E-state index contributed by atoms with van der Waals surface area (Å²) >= 11 is 5.50. The molecule has 0 saturated carbocycles. The van der Waals surface area contributed by atoms with E-state index in [4.69, 9.17) is 22.2 Å². The van der Waals surface area contributed by atoms with E-state index in [-0.39, 0.29) is 5.82 Å². The van der Waals surface area contributed by atoms with Crippen LogP contribution in [0.1, 0.15) is 44.6 Å². The van der Waals surface area contributed by atoms with Crippen LogP contribution in [-0.4, -0.2) is 47.8 Å². The molecule has 2 aliphatic rings. The maximum atomic E-state index is 13.0. The molecule has 2 aliphatic heterocycles. The van der Waals surface area contributed by atoms with Gasteiger partial charge in [0.1, 0.15) is 17.5 Å². The molecule has 2 aromatic rings. The molecule has 2 N–H and O–H groups in total. The Morgan fingerprint density at radius 1 is 1.06 bits per heavy atom. The first-order valence-corrected chi connectivity index (χ1v) is 12.2. The van der Waals surface area contributed by atoms with Crippen molar-refractivity contribution in [2.45, 2.75) is 45.4 Å². The van der Waals surface area contributed by atoms with Crippen molar-refractivity contribution in [3.8, 4) is 0 Å². The van der Waals surface area contributed by atoms with Crippen LogP contribution in [0, 0.1) is 11.7 Å². The maximum absolute atomic E-state index is 13.0. The number of halogens is 1. The maximum Gasteiger partial charge on any atom is 0.232 e. The Labute approximate surface area is 195 Å². The standard InChI is InChI=1S/C24H33FN6S/c1-18-6-5-15-31(17-18)22-16-21(30-13-2-3-14-30)27-23(28-22)29-24(32)26-12-4-7-19-8-10-20(25)11-9-19/h8-11,16,18H,2-7,12-15,17H2,1H3,(H2,26,27,28,29,32)/t18-/m0/s1. The number of thiocarbonyl (C=S) groups is 1. The Kier molecular flexibility index (Phi) is 7.73. The van der Waals surface area contributed by atoms with E-state index in [1.54, 1.807) is 0 Å². The van der Waals surface area contributed by atoms with Crippen LogP contribution in [-0.2, 0) is 6.42 Å². The van der Waals surface area contributed by atoms with Crippen LogP contribution in [0.4, 0.5) is 22.0 Å². The molecule has 0 amide bonds. The van der Waals surface area contributed by atoms with Gasteiger partial charge in [-0.2, -0.15) is 9.97 Å². The molecule has 1 atom stereocenters. The van der Waals surface area contributed by atoms with Crippen molar-refractivity contribution in [1.82, 2.24) is 15.3 Å². The smallest absolute Gasteiger partial charge is 0.232 e. The van der Waals surface area contributed by atoms with Crippen molar-refractivity contribution in [1.29, 1.82) is 0 Å². The van der Waals surface area contributed by atoms with Gasteiger partial charge in [0, 0.05) is 38.8 Å². The zero-order chi connectivity index (χ0) is 22.3. The number of piperidine rings is 1. The van der Waals surface area contributed by atoms with Crippen molar-refractivity contribution in [2.75, 3.05) is 47.8 Å². The van der Waals surface area contributed by atoms with E-state index in [2.05, 4.69) is 33.4 Å². The van der Waals surface area contributed by atoms with Crippen LogP contribution < -0.4 is 20.4 Å². The molecule has 0 spiro atoms. The fourth-order valence-electron chi connectivity index (χ4n) is 4.44. The summed E-state index contributed by atoms with van der Waals surface area (Å²) in [6.07, 6.45) is 6.65. The number of hydrogen-bond donors (Lipinski definition) is 2. The average Bonchev–Trinajstić information content (AvgIpc) is 3.33. The molecule has 8 heteroatoms. The molecule has 2 fully saturated rings. The lowest BCUT2D eigenvalue weighted by atomic mass is 10.0. The van der Waals surface area contributed by atoms with Gasteiger partial charge in [-0.3, -0.25) is 0 Å². The molecule has 0 aliphatic carbocycles. The molecule has 3 heterocycles. The van der Waals surface area contributed by atoms with E-state index in [1.807, 2.05) is 12.1 Å². The lowest BCUT2D eigenvalue weighted by Crippen LogP contribution is -2.36. The monoisotopic (exact) mass is 456 g/mol. The Morgan fingerprint density at radius 2 is 1.75 bits per heavy atom. The highest BCUT2D eigenvalue weighted by atomic mass is 32.1. The van der Waals surface area contributed by atoms with Crippen LogP contribution in [0.3, 0.4) is 0 Å². The van der Waals surface area contributed by atoms with Gasteiger partial charge in [-0.05, 0) is 74.4 Å². The predicted molar refractivity (Wildman–Crippen MR) is 133 cm³/mol. The summed E-state index contributed by atoms with van der Waals surface area (Å²) in [6.45, 7) is 7.18. The van der Waals surface area contributed by atoms with Crippen molar-refractivity contribution in [2.24, 2.45) is 5.92 Å². The van der Waals surface area contributed by atoms with E-state index in [0.717, 1.165) is 62.8 Å². The summed E-state index contributed by atoms with van der Waals surface area (Å²) < 4.78 is 13.0. The Morgan fingerprint density at radius 3 is 2.47 bits per heavy atom. The van der Waals surface area contributed by atoms with Gasteiger partial charge in [0.25, 0.3) is 0 Å². The highest BCUT2D eigenvalue weighted by Gasteiger charge is 2.22. The normalized spacial score (nSPS) is 18.6. The number of hydrogen-bond acceptors (Lipinski definition) is 5. The largest absolute Gasteiger partial charge is 0.362 e. The first kappa shape index (κ1) is 22.7. The van der Waals surface area contributed by atoms with Gasteiger partial charge in [0.05, 0.1) is 0 Å². The Hall–Kier alpha value is -2.48. The van der Waals surface area contributed by atoms with Crippen LogP contribution in [0.2, 0.25) is 0 Å². The van der Waals surface area contributed by atoms with Crippen LogP contribution in [0.15, 0.2) is 30.3 Å². The second kappa shape index (κ2) is 10.9. The third-order valence-corrected chi connectivity index (χ3v) is 6.42. The number of benzene rings is 1. The number of aromatic nitrogens is 2. The number of rotatable bonds is 7. The number of aryl methyl sites for hydroxylation is 1. The van der Waals surface area contributed by atoms with Gasteiger partial charge in [0.2, 0.25) is 5.95 Å². The van der Waals surface area contributed by atoms with Gasteiger partial charge in [-0.15, -0.1) is 0 Å². The molecule has 4 rings (SSSR count). The molecule has 0 radical (unpaired) electrons. The summed E-state index contributed by atoms with van der Waals surface area (Å²) in [5.74, 6) is 2.99. The van der Waals surface area contributed by atoms with Gasteiger partial charge in [-0.1, -0.05) is 19.1 Å². The van der Waals surface area contributed by atoms with E-state index < -0.39 is 0 Å². The second-order valence-electron chi connectivity index (χ2n) is 8.91. The highest BCUT2D eigenvalue weighted by Crippen LogP contribution is 2.27. The molecule has 2 saturated heterocycles. The van der Waals surface area contributed by atoms with Gasteiger partial charge in [-0.25, -0.2) is 4.39 Å². The molecule has 0 unspecified atom stereocenters. The first-order chi connectivity index (χ1) is 15.6. The fraction of sp³-hybridized carbons (Fsp3) is 0.542. The topological polar surface area (TPSA) is 56.3 Å². The van der Waals surface area contributed by atoms with Crippen LogP contribution >= 0.6 is 12.2 Å². The summed E-state index contributed by atoms with van der Waals surface area (Å²) in [7, 11) is 0. The minimum absolute atomic E-state index is 0.202. The van der Waals surface area contributed by atoms with Crippen LogP contribution in [0.25, 0.3) is 0 Å². The lowest BCUT2D eigenvalue weighted by molar-refractivity contribution is 0.444. The lowest BCUT2D eigenvalue weighted by Gasteiger charge is -2.32. The minimum Gasteiger partial charge on any atom is -0.362 e. The fourth-order valence-corrected chi connectivity index (χ4v) is 4.63. The van der Waals surface area contributed by atoms with Crippen LogP contribution in [0.5, 0.6) is 0 Å². The summed E-state index contributed by atoms with van der Waals surface area (Å²) in [5.41, 5.74) is 1.12. The molecular weight excluding hydrogens is 423 g/mol. The third kappa shape index (κ3) is 6.28. The van der Waals surface area contributed by atoms with Crippen molar-refractivity contribution < 1.29 is 4.39 Å². The van der Waals surface area contributed by atoms with E-state index >= 15 is 0 Å². The number of nitrogens with zero attached hydrogens (tertiary/aromatic N) is 4. The second-order valence-corrected chi connectivity index (χ2v) is 9.31. The molecular formula is C24H33FN6S. The Balaban J connectivity index is 1.36. The molecule has 0 bridgehead atoms. The zero-order valence-corrected chi connectivity index (χ0v) is 19.6. The molecule has 1 aromatic carbocycles. The SMILES string of the molecule is C[C@H]1CCCN(c2cc(N3CCCC3)nc(NC(=S)NCCCc3ccc(F)cc3)n2)C1. The number of nitrogens with one attached hydrogen (secondary N) is 2. The minimum atomic E-state index is -0.202. The van der Waals surface area contributed by atoms with Crippen molar-refractivity contribution in [3.63, 3.8) is 0 Å². The quantitative estimate of drug-likeness (QED) is 0.474. The summed E-state index contributed by atoms with van der Waals surface area (Å²) in [4.78, 5) is 14.3. The average molecular weight is 457 g/mol. The van der Waals surface area contributed by atoms with Gasteiger partial charge >= 0.3 is 0 Å². The van der Waals surface area contributed by atoms with Gasteiger partial charge in [0.15, 0.2) is 5.11 Å². The summed E-state index contributed by atoms with van der Waals surface area (Å²) in [6, 6.07) is 8.79. The molecule has 6 nitrogen and oxygen atoms in total. The number of anilines is 3. The van der Waals surface area contributed by atoms with E-state index in [0.29, 0.717) is 17.0 Å². The Bertz CT molecular complexity index is 900. The van der Waals surface area contributed by atoms with Crippen molar-refractivity contribution >= 4 is 34.9 Å². The molecule has 32 heavy (non-hydrogen) atoms. The highest BCUT2D eigenvalue weighted by molar-refractivity contribution is 7.80. The zero-order valence-electron chi connectivity index (χ0n) is 18.8. The van der Waals surface area contributed by atoms with Crippen molar-refractivity contribution in [3.05, 3.63) is 41.7 Å².